The first-order valence-corrected chi connectivity index (χ1v) is 9.64. The molecule has 4 rings (SSSR count). The van der Waals surface area contributed by atoms with E-state index < -0.39 is 0 Å². The molecule has 1 saturated heterocycles. The predicted octanol–water partition coefficient (Wildman–Crippen LogP) is 4.19. The van der Waals surface area contributed by atoms with Gasteiger partial charge in [-0.2, -0.15) is 5.10 Å². The Hall–Kier alpha value is -2.08. The predicted molar refractivity (Wildman–Crippen MR) is 104 cm³/mol. The van der Waals surface area contributed by atoms with Gasteiger partial charge in [0.05, 0.1) is 23.6 Å². The molecule has 1 atom stereocenters. The second-order valence-corrected chi connectivity index (χ2v) is 7.95. The minimum atomic E-state index is 0.220. The summed E-state index contributed by atoms with van der Waals surface area (Å²) in [4.78, 5) is 6.82. The van der Waals surface area contributed by atoms with Gasteiger partial charge in [-0.25, -0.2) is 9.50 Å². The second kappa shape index (κ2) is 6.58. The number of anilines is 1. The summed E-state index contributed by atoms with van der Waals surface area (Å²) >= 11 is 6.74. The molecule has 3 aromatic heterocycles. The monoisotopic (exact) mass is 372 g/mol. The third-order valence-corrected chi connectivity index (χ3v) is 5.35. The molecular formula is C19H25ClN6. The zero-order chi connectivity index (χ0) is 18.4. The molecule has 7 heteroatoms. The highest BCUT2D eigenvalue weighted by Gasteiger charge is 2.32. The average molecular weight is 373 g/mol. The van der Waals surface area contributed by atoms with Crippen molar-refractivity contribution < 1.29 is 0 Å². The smallest absolute Gasteiger partial charge is 0.153 e. The van der Waals surface area contributed by atoms with Crippen molar-refractivity contribution in [1.29, 1.82) is 0 Å². The number of rotatable bonds is 4. The maximum Gasteiger partial charge on any atom is 0.153 e. The highest BCUT2D eigenvalue weighted by molar-refractivity contribution is 6.30. The van der Waals surface area contributed by atoms with E-state index in [1.807, 2.05) is 28.4 Å². The van der Waals surface area contributed by atoms with Crippen molar-refractivity contribution in [3.63, 3.8) is 0 Å². The van der Waals surface area contributed by atoms with Crippen LogP contribution in [-0.4, -0.2) is 30.9 Å². The molecule has 0 spiro atoms. The van der Waals surface area contributed by atoms with E-state index in [1.165, 1.54) is 0 Å². The van der Waals surface area contributed by atoms with Gasteiger partial charge in [0.25, 0.3) is 0 Å². The summed E-state index contributed by atoms with van der Waals surface area (Å²) in [5.74, 6) is 1.47. The normalized spacial score (nSPS) is 17.8. The fraction of sp³-hybridized carbons (Fsp3) is 0.526. The molecule has 1 fully saturated rings. The Morgan fingerprint density at radius 2 is 2.04 bits per heavy atom. The minimum Gasteiger partial charge on any atom is -0.348 e. The first-order chi connectivity index (χ1) is 12.4. The van der Waals surface area contributed by atoms with E-state index >= 15 is 0 Å². The van der Waals surface area contributed by atoms with Crippen LogP contribution in [0.1, 0.15) is 49.7 Å². The number of hydrogen-bond acceptors (Lipinski definition) is 4. The third-order valence-electron chi connectivity index (χ3n) is 4.95. The van der Waals surface area contributed by atoms with Gasteiger partial charge >= 0.3 is 0 Å². The van der Waals surface area contributed by atoms with Gasteiger partial charge in [-0.3, -0.25) is 4.68 Å². The number of halogens is 1. The molecule has 0 amide bonds. The van der Waals surface area contributed by atoms with E-state index in [9.17, 15) is 0 Å². The number of hydrogen-bond donors (Lipinski definition) is 0. The van der Waals surface area contributed by atoms with Crippen LogP contribution in [0.4, 0.5) is 5.82 Å². The lowest BCUT2D eigenvalue weighted by molar-refractivity contribution is 0.481. The lowest BCUT2D eigenvalue weighted by Gasteiger charge is -2.26. The van der Waals surface area contributed by atoms with Crippen LogP contribution in [0.25, 0.3) is 5.65 Å². The van der Waals surface area contributed by atoms with Gasteiger partial charge in [0, 0.05) is 18.7 Å². The summed E-state index contributed by atoms with van der Waals surface area (Å²) in [7, 11) is 0. The Morgan fingerprint density at radius 3 is 2.81 bits per heavy atom. The van der Waals surface area contributed by atoms with E-state index in [1.54, 1.807) is 0 Å². The van der Waals surface area contributed by atoms with Gasteiger partial charge in [-0.05, 0) is 44.7 Å². The summed E-state index contributed by atoms with van der Waals surface area (Å²) in [6, 6.07) is 4.31. The maximum absolute atomic E-state index is 6.74. The van der Waals surface area contributed by atoms with Gasteiger partial charge in [0.1, 0.15) is 11.0 Å². The molecule has 0 N–H and O–H groups in total. The topological polar surface area (TPSA) is 51.2 Å². The SMILES string of the molecule is Cc1cn2nc(N3CCCC3c3c(C)nn(CC(C)C)c3Cl)ccc2n1. The number of fused-ring (bicyclic) bond motifs is 1. The zero-order valence-corrected chi connectivity index (χ0v) is 16.5. The van der Waals surface area contributed by atoms with Crippen molar-refractivity contribution in [3.8, 4) is 0 Å². The number of aryl methyl sites for hydroxylation is 2. The quantitative estimate of drug-likeness (QED) is 0.688. The van der Waals surface area contributed by atoms with Crippen LogP contribution in [0.3, 0.4) is 0 Å². The molecule has 1 aliphatic rings. The molecule has 0 bridgehead atoms. The number of imidazole rings is 1. The molecule has 138 valence electrons. The van der Waals surface area contributed by atoms with Crippen LogP contribution in [0.15, 0.2) is 18.3 Å². The second-order valence-electron chi connectivity index (χ2n) is 7.59. The fourth-order valence-corrected chi connectivity index (χ4v) is 4.27. The van der Waals surface area contributed by atoms with Crippen LogP contribution >= 0.6 is 11.6 Å². The summed E-state index contributed by atoms with van der Waals surface area (Å²) in [5.41, 5.74) is 4.02. The molecule has 1 unspecified atom stereocenters. The Kier molecular flexibility index (Phi) is 4.39. The van der Waals surface area contributed by atoms with Crippen molar-refractivity contribution in [2.75, 3.05) is 11.4 Å². The van der Waals surface area contributed by atoms with Crippen molar-refractivity contribution >= 4 is 23.1 Å². The highest BCUT2D eigenvalue weighted by atomic mass is 35.5. The Balaban J connectivity index is 1.71. The number of nitrogens with zero attached hydrogens (tertiary/aromatic N) is 6. The van der Waals surface area contributed by atoms with Crippen molar-refractivity contribution in [1.82, 2.24) is 24.4 Å². The van der Waals surface area contributed by atoms with Crippen molar-refractivity contribution in [2.24, 2.45) is 5.92 Å². The van der Waals surface area contributed by atoms with Gasteiger partial charge < -0.3 is 4.90 Å². The summed E-state index contributed by atoms with van der Waals surface area (Å²) in [5, 5.41) is 10.2. The van der Waals surface area contributed by atoms with Crippen molar-refractivity contribution in [3.05, 3.63) is 40.4 Å². The first kappa shape index (κ1) is 17.3. The lowest BCUT2D eigenvalue weighted by atomic mass is 10.1. The van der Waals surface area contributed by atoms with Crippen LogP contribution in [0.2, 0.25) is 5.15 Å². The van der Waals surface area contributed by atoms with Crippen molar-refractivity contribution in [2.45, 2.75) is 53.1 Å². The van der Waals surface area contributed by atoms with E-state index in [2.05, 4.69) is 36.7 Å². The van der Waals surface area contributed by atoms with Crippen LogP contribution in [0.5, 0.6) is 0 Å². The molecular weight excluding hydrogens is 348 g/mol. The molecule has 3 aromatic rings. The van der Waals surface area contributed by atoms with E-state index in [0.717, 1.165) is 59.5 Å². The summed E-state index contributed by atoms with van der Waals surface area (Å²) in [6.07, 6.45) is 4.15. The minimum absolute atomic E-state index is 0.220. The zero-order valence-electron chi connectivity index (χ0n) is 15.8. The molecule has 1 aliphatic heterocycles. The van der Waals surface area contributed by atoms with Gasteiger partial charge in [-0.15, -0.1) is 5.10 Å². The first-order valence-electron chi connectivity index (χ1n) is 9.26. The largest absolute Gasteiger partial charge is 0.348 e. The highest BCUT2D eigenvalue weighted by Crippen LogP contribution is 2.40. The lowest BCUT2D eigenvalue weighted by Crippen LogP contribution is -2.24. The van der Waals surface area contributed by atoms with Crippen LogP contribution < -0.4 is 4.90 Å². The summed E-state index contributed by atoms with van der Waals surface area (Å²) in [6.45, 7) is 10.2. The number of aromatic nitrogens is 5. The van der Waals surface area contributed by atoms with E-state index in [-0.39, 0.29) is 6.04 Å². The van der Waals surface area contributed by atoms with Gasteiger partial charge in [0.15, 0.2) is 5.65 Å². The molecule has 4 heterocycles. The average Bonchev–Trinajstić information content (AvgIpc) is 3.24. The molecule has 0 aromatic carbocycles. The maximum atomic E-state index is 6.74. The Labute approximate surface area is 158 Å². The Morgan fingerprint density at radius 1 is 1.23 bits per heavy atom. The summed E-state index contributed by atoms with van der Waals surface area (Å²) < 4.78 is 3.81. The van der Waals surface area contributed by atoms with E-state index in [4.69, 9.17) is 21.8 Å². The Bertz CT molecular complexity index is 941. The van der Waals surface area contributed by atoms with Gasteiger partial charge in [0.2, 0.25) is 0 Å². The van der Waals surface area contributed by atoms with Crippen LogP contribution in [0, 0.1) is 19.8 Å². The standard InChI is InChI=1S/C19H25ClN6/c1-12(2)10-26-19(20)18(14(4)22-26)15-6-5-9-24(15)17-8-7-16-21-13(3)11-25(16)23-17/h7-8,11-12,15H,5-6,9-10H2,1-4H3. The molecule has 6 nitrogen and oxygen atoms in total. The molecule has 0 saturated carbocycles. The van der Waals surface area contributed by atoms with E-state index in [0.29, 0.717) is 5.92 Å². The fourth-order valence-electron chi connectivity index (χ4n) is 3.90. The van der Waals surface area contributed by atoms with Crippen LogP contribution in [-0.2, 0) is 6.54 Å². The third kappa shape index (κ3) is 2.96. The molecule has 26 heavy (non-hydrogen) atoms. The molecule has 0 aliphatic carbocycles. The van der Waals surface area contributed by atoms with Gasteiger partial charge in [-0.1, -0.05) is 25.4 Å². The molecule has 0 radical (unpaired) electrons.